The monoisotopic (exact) mass is 468 g/mol. The number of para-hydroxylation sites is 2. The molecule has 0 unspecified atom stereocenters. The predicted molar refractivity (Wildman–Crippen MR) is 154 cm³/mol. The Morgan fingerprint density at radius 1 is 0.861 bits per heavy atom. The lowest BCUT2D eigenvalue weighted by Gasteiger charge is -2.34. The first-order valence-corrected chi connectivity index (χ1v) is 12.9. The summed E-state index contributed by atoms with van der Waals surface area (Å²) in [4.78, 5) is 4.92. The quantitative estimate of drug-likeness (QED) is 0.354. The third-order valence-corrected chi connectivity index (χ3v) is 7.76. The van der Waals surface area contributed by atoms with Crippen molar-refractivity contribution in [2.45, 2.75) is 39.3 Å². The number of benzene rings is 3. The van der Waals surface area contributed by atoms with Gasteiger partial charge in [-0.2, -0.15) is 0 Å². The van der Waals surface area contributed by atoms with Crippen LogP contribution >= 0.6 is 0 Å². The Hall–Kier alpha value is -4.04. The number of hydrogen-bond acceptors (Lipinski definition) is 2. The molecule has 3 aromatic carbocycles. The zero-order valence-corrected chi connectivity index (χ0v) is 21.2. The molecule has 0 amide bonds. The molecule has 0 radical (unpaired) electrons. The lowest BCUT2D eigenvalue weighted by atomic mass is 9.83. The maximum atomic E-state index is 4.53. The van der Waals surface area contributed by atoms with E-state index in [0.717, 1.165) is 30.5 Å². The molecule has 2 aliphatic heterocycles. The standard InChI is InChI=1S/C34H32N2/c1-5-13-23(2)24(3)35-25(4)36-32-20-11-10-19-31(32)30-18-9-8-17-29(30)28-16-7-6-14-26(28)22-27-15-12-21-33(35)34(27)36/h5,8-21,25H,1,3,6-7,22H2,2,4H3/b23-13-/t25-/m1/s1. The molecule has 0 fully saturated rings. The summed E-state index contributed by atoms with van der Waals surface area (Å²) in [6, 6.07) is 24.5. The van der Waals surface area contributed by atoms with Gasteiger partial charge in [-0.15, -0.1) is 0 Å². The van der Waals surface area contributed by atoms with E-state index in [1.165, 1.54) is 50.5 Å². The zero-order chi connectivity index (χ0) is 24.8. The van der Waals surface area contributed by atoms with Crippen molar-refractivity contribution in [3.63, 3.8) is 0 Å². The van der Waals surface area contributed by atoms with Gasteiger partial charge >= 0.3 is 0 Å². The Morgan fingerprint density at radius 3 is 2.36 bits per heavy atom. The molecule has 6 rings (SSSR count). The van der Waals surface area contributed by atoms with E-state index in [4.69, 9.17) is 0 Å². The molecule has 3 aliphatic rings. The van der Waals surface area contributed by atoms with E-state index in [1.54, 1.807) is 0 Å². The number of anilines is 3. The summed E-state index contributed by atoms with van der Waals surface area (Å²) in [5, 5.41) is 0. The molecule has 1 aliphatic carbocycles. The maximum Gasteiger partial charge on any atom is 0.108 e. The zero-order valence-electron chi connectivity index (χ0n) is 21.2. The number of rotatable bonds is 3. The van der Waals surface area contributed by atoms with E-state index in [1.807, 2.05) is 12.2 Å². The van der Waals surface area contributed by atoms with Crippen molar-refractivity contribution in [1.82, 2.24) is 0 Å². The van der Waals surface area contributed by atoms with Crippen molar-refractivity contribution in [2.75, 3.05) is 9.80 Å². The van der Waals surface area contributed by atoms with Gasteiger partial charge in [0.25, 0.3) is 0 Å². The molecule has 2 heterocycles. The van der Waals surface area contributed by atoms with Gasteiger partial charge in [0.1, 0.15) is 6.17 Å². The first-order chi connectivity index (χ1) is 17.6. The summed E-state index contributed by atoms with van der Waals surface area (Å²) in [6.07, 6.45) is 12.0. The second-order valence-electron chi connectivity index (χ2n) is 9.85. The molecule has 178 valence electrons. The van der Waals surface area contributed by atoms with Crippen LogP contribution in [0.15, 0.2) is 121 Å². The molecular formula is C34H32N2. The fourth-order valence-corrected chi connectivity index (χ4v) is 6.10. The summed E-state index contributed by atoms with van der Waals surface area (Å²) < 4.78 is 0. The molecule has 0 saturated heterocycles. The number of hydrogen-bond donors (Lipinski definition) is 0. The van der Waals surface area contributed by atoms with Crippen LogP contribution in [0, 0.1) is 0 Å². The third-order valence-electron chi connectivity index (χ3n) is 7.76. The molecule has 0 bridgehead atoms. The lowest BCUT2D eigenvalue weighted by Crippen LogP contribution is -2.38. The molecule has 0 N–H and O–H groups in total. The maximum absolute atomic E-state index is 4.53. The van der Waals surface area contributed by atoms with Crippen LogP contribution in [0.4, 0.5) is 17.1 Å². The van der Waals surface area contributed by atoms with Gasteiger partial charge in [0, 0.05) is 11.3 Å². The van der Waals surface area contributed by atoms with Gasteiger partial charge in [-0.05, 0) is 78.7 Å². The Bertz CT molecular complexity index is 1480. The second-order valence-corrected chi connectivity index (χ2v) is 9.85. The van der Waals surface area contributed by atoms with E-state index >= 15 is 0 Å². The molecule has 1 atom stereocenters. The smallest absolute Gasteiger partial charge is 0.108 e. The van der Waals surface area contributed by atoms with E-state index < -0.39 is 0 Å². The highest BCUT2D eigenvalue weighted by molar-refractivity contribution is 5.98. The Labute approximate surface area is 214 Å². The average molecular weight is 469 g/mol. The van der Waals surface area contributed by atoms with Crippen LogP contribution in [0.3, 0.4) is 0 Å². The first-order valence-electron chi connectivity index (χ1n) is 12.9. The highest BCUT2D eigenvalue weighted by Crippen LogP contribution is 2.52. The molecule has 3 aromatic rings. The largest absolute Gasteiger partial charge is 0.319 e. The van der Waals surface area contributed by atoms with Gasteiger partial charge in [0.2, 0.25) is 0 Å². The van der Waals surface area contributed by atoms with Gasteiger partial charge in [-0.1, -0.05) is 92.1 Å². The minimum atomic E-state index is 0.0740. The van der Waals surface area contributed by atoms with Crippen molar-refractivity contribution >= 4 is 22.6 Å². The van der Waals surface area contributed by atoms with Gasteiger partial charge in [-0.3, -0.25) is 0 Å². The Balaban J connectivity index is 1.66. The van der Waals surface area contributed by atoms with Gasteiger partial charge in [0.05, 0.1) is 17.1 Å². The fraction of sp³-hybridized carbons (Fsp3) is 0.176. The SMILES string of the molecule is C=C/C=C(/C)C(=C)N1c2cccc3c2N(c2ccccc2-c2ccccc2C2=CCCC=C2C3)[C@@H]1C. The van der Waals surface area contributed by atoms with Crippen molar-refractivity contribution < 1.29 is 0 Å². The Kier molecular flexibility index (Phi) is 5.53. The lowest BCUT2D eigenvalue weighted by molar-refractivity contribution is 0.737. The molecular weight excluding hydrogens is 436 g/mol. The summed E-state index contributed by atoms with van der Waals surface area (Å²) in [7, 11) is 0. The second kappa shape index (κ2) is 8.87. The highest BCUT2D eigenvalue weighted by Gasteiger charge is 2.39. The van der Waals surface area contributed by atoms with Crippen LogP contribution in [-0.2, 0) is 6.42 Å². The third kappa shape index (κ3) is 3.40. The van der Waals surface area contributed by atoms with E-state index in [-0.39, 0.29) is 6.17 Å². The predicted octanol–water partition coefficient (Wildman–Crippen LogP) is 8.96. The van der Waals surface area contributed by atoms with Crippen molar-refractivity contribution in [3.05, 3.63) is 132 Å². The molecule has 0 saturated carbocycles. The topological polar surface area (TPSA) is 6.48 Å². The minimum Gasteiger partial charge on any atom is -0.319 e. The van der Waals surface area contributed by atoms with E-state index in [9.17, 15) is 0 Å². The normalized spacial score (nSPS) is 18.3. The molecule has 36 heavy (non-hydrogen) atoms. The van der Waals surface area contributed by atoms with Crippen molar-refractivity contribution in [2.24, 2.45) is 0 Å². The number of fused-ring (bicyclic) bond motifs is 6. The summed E-state index contributed by atoms with van der Waals surface area (Å²) >= 11 is 0. The molecule has 2 nitrogen and oxygen atoms in total. The minimum absolute atomic E-state index is 0.0740. The molecule has 0 spiro atoms. The summed E-state index contributed by atoms with van der Waals surface area (Å²) in [6.45, 7) is 12.8. The highest BCUT2D eigenvalue weighted by atomic mass is 15.4. The van der Waals surface area contributed by atoms with Crippen LogP contribution < -0.4 is 9.80 Å². The van der Waals surface area contributed by atoms with E-state index in [0.29, 0.717) is 0 Å². The Morgan fingerprint density at radius 2 is 1.56 bits per heavy atom. The molecule has 2 heteroatoms. The first kappa shape index (κ1) is 22.4. The van der Waals surface area contributed by atoms with Crippen LogP contribution in [0.5, 0.6) is 0 Å². The van der Waals surface area contributed by atoms with Crippen molar-refractivity contribution in [3.8, 4) is 11.1 Å². The summed E-state index contributed by atoms with van der Waals surface area (Å²) in [5.41, 5.74) is 13.9. The van der Waals surface area contributed by atoms with Crippen LogP contribution in [0.2, 0.25) is 0 Å². The van der Waals surface area contributed by atoms with E-state index in [2.05, 4.69) is 116 Å². The fourth-order valence-electron chi connectivity index (χ4n) is 6.10. The summed E-state index contributed by atoms with van der Waals surface area (Å²) in [5.74, 6) is 0. The van der Waals surface area contributed by atoms with Crippen LogP contribution in [0.25, 0.3) is 16.7 Å². The number of allylic oxidation sites excluding steroid dienone is 7. The van der Waals surface area contributed by atoms with Crippen LogP contribution in [0.1, 0.15) is 37.8 Å². The number of nitrogens with zero attached hydrogens (tertiary/aromatic N) is 2. The van der Waals surface area contributed by atoms with Crippen LogP contribution in [-0.4, -0.2) is 6.17 Å². The average Bonchev–Trinajstić information content (AvgIpc) is 3.21. The van der Waals surface area contributed by atoms with Gasteiger partial charge < -0.3 is 9.80 Å². The van der Waals surface area contributed by atoms with Gasteiger partial charge in [0.15, 0.2) is 0 Å². The van der Waals surface area contributed by atoms with Gasteiger partial charge in [-0.25, -0.2) is 0 Å². The molecule has 0 aromatic heterocycles. The van der Waals surface area contributed by atoms with Crippen molar-refractivity contribution in [1.29, 1.82) is 0 Å².